The van der Waals surface area contributed by atoms with E-state index in [-0.39, 0.29) is 11.5 Å². The summed E-state index contributed by atoms with van der Waals surface area (Å²) in [5.74, 6) is 0.459. The standard InChI is InChI=1S/C13H16Cl2O/c1-9-12(5-6-16-9)13(15)8-10-3-2-4-11(14)7-10/h2-4,7,9,12-13H,5-6,8H2,1H3. The summed E-state index contributed by atoms with van der Waals surface area (Å²) in [6.07, 6.45) is 2.21. The van der Waals surface area contributed by atoms with Crippen LogP contribution in [-0.2, 0) is 11.2 Å². The monoisotopic (exact) mass is 258 g/mol. The fourth-order valence-corrected chi connectivity index (χ4v) is 2.99. The molecule has 1 aromatic carbocycles. The van der Waals surface area contributed by atoms with Gasteiger partial charge in [0.1, 0.15) is 0 Å². The van der Waals surface area contributed by atoms with Gasteiger partial charge in [-0.2, -0.15) is 0 Å². The summed E-state index contributed by atoms with van der Waals surface area (Å²) in [6.45, 7) is 2.94. The van der Waals surface area contributed by atoms with E-state index in [0.717, 1.165) is 24.5 Å². The zero-order valence-electron chi connectivity index (χ0n) is 9.33. The lowest BCUT2D eigenvalue weighted by Crippen LogP contribution is -2.23. The van der Waals surface area contributed by atoms with Crippen molar-refractivity contribution in [3.8, 4) is 0 Å². The first-order valence-electron chi connectivity index (χ1n) is 5.67. The fourth-order valence-electron chi connectivity index (χ4n) is 2.26. The lowest BCUT2D eigenvalue weighted by molar-refractivity contribution is 0.105. The van der Waals surface area contributed by atoms with Gasteiger partial charge >= 0.3 is 0 Å². The highest BCUT2D eigenvalue weighted by molar-refractivity contribution is 6.30. The Hall–Kier alpha value is -0.240. The predicted octanol–water partition coefficient (Wildman–Crippen LogP) is 3.91. The molecule has 0 amide bonds. The number of hydrogen-bond acceptors (Lipinski definition) is 1. The topological polar surface area (TPSA) is 9.23 Å². The van der Waals surface area contributed by atoms with Gasteiger partial charge in [0.25, 0.3) is 0 Å². The summed E-state index contributed by atoms with van der Waals surface area (Å²) in [4.78, 5) is 0. The Kier molecular flexibility index (Phi) is 4.12. The van der Waals surface area contributed by atoms with Gasteiger partial charge in [-0.3, -0.25) is 0 Å². The van der Waals surface area contributed by atoms with Crippen LogP contribution in [0.25, 0.3) is 0 Å². The molecule has 3 heteroatoms. The molecule has 1 nitrogen and oxygen atoms in total. The van der Waals surface area contributed by atoms with Crippen LogP contribution in [0.3, 0.4) is 0 Å². The van der Waals surface area contributed by atoms with E-state index >= 15 is 0 Å². The number of alkyl halides is 1. The van der Waals surface area contributed by atoms with E-state index in [2.05, 4.69) is 13.0 Å². The molecule has 2 rings (SSSR count). The first-order valence-corrected chi connectivity index (χ1v) is 6.48. The van der Waals surface area contributed by atoms with Crippen LogP contribution in [0.4, 0.5) is 0 Å². The highest BCUT2D eigenvalue weighted by Gasteiger charge is 2.30. The van der Waals surface area contributed by atoms with E-state index in [1.807, 2.05) is 18.2 Å². The summed E-state index contributed by atoms with van der Waals surface area (Å²) in [6, 6.07) is 7.91. The van der Waals surface area contributed by atoms with Crippen LogP contribution < -0.4 is 0 Å². The third kappa shape index (κ3) is 2.91. The minimum atomic E-state index is 0.135. The van der Waals surface area contributed by atoms with Crippen LogP contribution in [-0.4, -0.2) is 18.1 Å². The van der Waals surface area contributed by atoms with E-state index in [4.69, 9.17) is 27.9 Å². The molecule has 0 aromatic heterocycles. The molecule has 0 radical (unpaired) electrons. The van der Waals surface area contributed by atoms with Crippen LogP contribution >= 0.6 is 23.2 Å². The molecule has 0 saturated carbocycles. The fraction of sp³-hybridized carbons (Fsp3) is 0.538. The second-order valence-corrected chi connectivity index (χ2v) is 5.38. The largest absolute Gasteiger partial charge is 0.378 e. The second-order valence-electron chi connectivity index (χ2n) is 4.38. The molecule has 1 saturated heterocycles. The molecule has 1 aliphatic heterocycles. The molecule has 0 spiro atoms. The van der Waals surface area contributed by atoms with Gasteiger partial charge in [-0.25, -0.2) is 0 Å². The highest BCUT2D eigenvalue weighted by Crippen LogP contribution is 2.29. The van der Waals surface area contributed by atoms with Gasteiger partial charge < -0.3 is 4.74 Å². The molecule has 3 unspecified atom stereocenters. The van der Waals surface area contributed by atoms with Gasteiger partial charge in [0.05, 0.1) is 6.10 Å². The summed E-state index contributed by atoms with van der Waals surface area (Å²) in [7, 11) is 0. The van der Waals surface area contributed by atoms with Crippen molar-refractivity contribution >= 4 is 23.2 Å². The van der Waals surface area contributed by atoms with Gasteiger partial charge in [-0.1, -0.05) is 23.7 Å². The van der Waals surface area contributed by atoms with E-state index in [1.165, 1.54) is 5.56 Å². The first-order chi connectivity index (χ1) is 7.66. The molecule has 1 aromatic rings. The van der Waals surface area contributed by atoms with Crippen molar-refractivity contribution in [1.82, 2.24) is 0 Å². The molecule has 0 aliphatic carbocycles. The third-order valence-corrected chi connectivity index (χ3v) is 3.93. The summed E-state index contributed by atoms with van der Waals surface area (Å²) in [5, 5.41) is 0.910. The number of benzene rings is 1. The zero-order chi connectivity index (χ0) is 11.5. The van der Waals surface area contributed by atoms with E-state index in [0.29, 0.717) is 5.92 Å². The van der Waals surface area contributed by atoms with Crippen LogP contribution in [0.5, 0.6) is 0 Å². The molecule has 1 heterocycles. The van der Waals surface area contributed by atoms with Crippen molar-refractivity contribution in [3.63, 3.8) is 0 Å². The van der Waals surface area contributed by atoms with Crippen molar-refractivity contribution in [2.75, 3.05) is 6.61 Å². The predicted molar refractivity (Wildman–Crippen MR) is 68.3 cm³/mol. The van der Waals surface area contributed by atoms with Crippen molar-refractivity contribution in [3.05, 3.63) is 34.9 Å². The summed E-state index contributed by atoms with van der Waals surface area (Å²) < 4.78 is 5.54. The molecule has 1 fully saturated rings. The highest BCUT2D eigenvalue weighted by atomic mass is 35.5. The Bertz CT molecular complexity index is 354. The van der Waals surface area contributed by atoms with E-state index < -0.39 is 0 Å². The molecule has 0 N–H and O–H groups in total. The maximum atomic E-state index is 6.45. The van der Waals surface area contributed by atoms with Crippen LogP contribution in [0.2, 0.25) is 5.02 Å². The van der Waals surface area contributed by atoms with Gasteiger partial charge in [0.2, 0.25) is 0 Å². The third-order valence-electron chi connectivity index (χ3n) is 3.22. The molecular weight excluding hydrogens is 243 g/mol. The zero-order valence-corrected chi connectivity index (χ0v) is 10.8. The molecule has 1 aliphatic rings. The normalized spacial score (nSPS) is 26.9. The first kappa shape index (κ1) is 12.2. The van der Waals surface area contributed by atoms with Crippen LogP contribution in [0, 0.1) is 5.92 Å². The maximum absolute atomic E-state index is 6.45. The Morgan fingerprint density at radius 1 is 1.50 bits per heavy atom. The number of hydrogen-bond donors (Lipinski definition) is 0. The van der Waals surface area contributed by atoms with Crippen molar-refractivity contribution < 1.29 is 4.74 Å². The Morgan fingerprint density at radius 2 is 2.31 bits per heavy atom. The number of halogens is 2. The van der Waals surface area contributed by atoms with Crippen LogP contribution in [0.15, 0.2) is 24.3 Å². The quantitative estimate of drug-likeness (QED) is 0.748. The van der Waals surface area contributed by atoms with Gasteiger partial charge in [0.15, 0.2) is 0 Å². The molecule has 3 atom stereocenters. The lowest BCUT2D eigenvalue weighted by Gasteiger charge is -2.20. The maximum Gasteiger partial charge on any atom is 0.0590 e. The Labute approximate surface area is 107 Å². The van der Waals surface area contributed by atoms with Crippen molar-refractivity contribution in [2.24, 2.45) is 5.92 Å². The van der Waals surface area contributed by atoms with Crippen molar-refractivity contribution in [1.29, 1.82) is 0 Å². The summed E-state index contributed by atoms with van der Waals surface area (Å²) in [5.41, 5.74) is 1.20. The Morgan fingerprint density at radius 3 is 2.94 bits per heavy atom. The van der Waals surface area contributed by atoms with Gasteiger partial charge in [-0.15, -0.1) is 11.6 Å². The lowest BCUT2D eigenvalue weighted by atomic mass is 9.94. The van der Waals surface area contributed by atoms with Crippen molar-refractivity contribution in [2.45, 2.75) is 31.2 Å². The van der Waals surface area contributed by atoms with Gasteiger partial charge in [-0.05, 0) is 37.5 Å². The Balaban J connectivity index is 1.99. The minimum Gasteiger partial charge on any atom is -0.378 e. The number of ether oxygens (including phenoxy) is 1. The molecule has 0 bridgehead atoms. The smallest absolute Gasteiger partial charge is 0.0590 e. The van der Waals surface area contributed by atoms with E-state index in [1.54, 1.807) is 0 Å². The SMILES string of the molecule is CC1OCCC1C(Cl)Cc1cccc(Cl)c1. The number of rotatable bonds is 3. The van der Waals surface area contributed by atoms with Gasteiger partial charge in [0, 0.05) is 22.9 Å². The second kappa shape index (κ2) is 5.39. The molecular formula is C13H16Cl2O. The average molecular weight is 259 g/mol. The molecule has 16 heavy (non-hydrogen) atoms. The van der Waals surface area contributed by atoms with Crippen LogP contribution in [0.1, 0.15) is 18.9 Å². The molecule has 88 valence electrons. The van der Waals surface area contributed by atoms with E-state index in [9.17, 15) is 0 Å². The summed E-state index contributed by atoms with van der Waals surface area (Å²) >= 11 is 12.4. The minimum absolute atomic E-state index is 0.135. The average Bonchev–Trinajstić information content (AvgIpc) is 2.64.